The van der Waals surface area contributed by atoms with Gasteiger partial charge >= 0.3 is 0 Å². The summed E-state index contributed by atoms with van der Waals surface area (Å²) in [5.41, 5.74) is 2.57. The van der Waals surface area contributed by atoms with E-state index in [1.807, 2.05) is 36.2 Å². The second-order valence-corrected chi connectivity index (χ2v) is 11.5. The SMILES string of the molecule is COC1CNC(C(=O)N(c2ccc(C(C)(C)C)cc2)C(C(=O)N(C)C2CCCCC2)c2cccnc2)C1. The van der Waals surface area contributed by atoms with Crippen molar-refractivity contribution in [1.82, 2.24) is 15.2 Å². The maximum Gasteiger partial charge on any atom is 0.250 e. The van der Waals surface area contributed by atoms with E-state index in [-0.39, 0.29) is 29.4 Å². The zero-order valence-electron chi connectivity index (χ0n) is 22.9. The Labute approximate surface area is 221 Å². The van der Waals surface area contributed by atoms with Crippen molar-refractivity contribution in [3.63, 3.8) is 0 Å². The minimum absolute atomic E-state index is 0.0220. The molecule has 0 spiro atoms. The second kappa shape index (κ2) is 11.7. The lowest BCUT2D eigenvalue weighted by molar-refractivity contribution is -0.136. The molecule has 4 rings (SSSR count). The lowest BCUT2D eigenvalue weighted by Gasteiger charge is -2.38. The summed E-state index contributed by atoms with van der Waals surface area (Å²) in [5.74, 6) is -0.197. The monoisotopic (exact) mass is 506 g/mol. The summed E-state index contributed by atoms with van der Waals surface area (Å²) in [6, 6.07) is 10.7. The Kier molecular flexibility index (Phi) is 8.65. The molecule has 1 aliphatic carbocycles. The number of carbonyl (C=O) groups excluding carboxylic acids is 2. The van der Waals surface area contributed by atoms with Crippen molar-refractivity contribution in [3.8, 4) is 0 Å². The summed E-state index contributed by atoms with van der Waals surface area (Å²) >= 11 is 0. The Bertz CT molecular complexity index is 1040. The van der Waals surface area contributed by atoms with Crippen LogP contribution in [0.4, 0.5) is 5.69 Å². The third kappa shape index (κ3) is 6.21. The van der Waals surface area contributed by atoms with Crippen LogP contribution in [0.1, 0.15) is 76.5 Å². The van der Waals surface area contributed by atoms with Crippen LogP contribution >= 0.6 is 0 Å². The third-order valence-corrected chi connectivity index (χ3v) is 7.93. The quantitative estimate of drug-likeness (QED) is 0.593. The Morgan fingerprint density at radius 3 is 2.35 bits per heavy atom. The standard InChI is InChI=1S/C30H42N4O3/c1-30(2,3)22-13-15-24(16-14-22)34(28(35)26-18-25(37-5)20-32-26)27(21-10-9-17-31-19-21)29(36)33(4)23-11-7-6-8-12-23/h9-10,13-17,19,23,25-27,32H,6-8,11-12,18,20H2,1-5H3. The molecule has 2 aliphatic rings. The van der Waals surface area contributed by atoms with E-state index in [4.69, 9.17) is 4.74 Å². The highest BCUT2D eigenvalue weighted by Crippen LogP contribution is 2.34. The highest BCUT2D eigenvalue weighted by Gasteiger charge is 2.41. The summed E-state index contributed by atoms with van der Waals surface area (Å²) < 4.78 is 5.52. The maximum absolute atomic E-state index is 14.3. The van der Waals surface area contributed by atoms with Crippen LogP contribution in [0, 0.1) is 0 Å². The van der Waals surface area contributed by atoms with Gasteiger partial charge in [-0.1, -0.05) is 58.2 Å². The Morgan fingerprint density at radius 1 is 1.08 bits per heavy atom. The van der Waals surface area contributed by atoms with Gasteiger partial charge in [-0.15, -0.1) is 0 Å². The zero-order chi connectivity index (χ0) is 26.6. The first-order chi connectivity index (χ1) is 17.7. The van der Waals surface area contributed by atoms with Crippen LogP contribution < -0.4 is 10.2 Å². The van der Waals surface area contributed by atoms with Gasteiger partial charge in [0.25, 0.3) is 0 Å². The molecule has 37 heavy (non-hydrogen) atoms. The molecule has 1 saturated carbocycles. The van der Waals surface area contributed by atoms with Gasteiger partial charge in [-0.2, -0.15) is 0 Å². The fourth-order valence-electron chi connectivity index (χ4n) is 5.55. The van der Waals surface area contributed by atoms with Crippen molar-refractivity contribution < 1.29 is 14.3 Å². The Hall–Kier alpha value is -2.77. The lowest BCUT2D eigenvalue weighted by atomic mass is 9.87. The molecule has 1 aromatic heterocycles. The van der Waals surface area contributed by atoms with E-state index >= 15 is 0 Å². The topological polar surface area (TPSA) is 74.8 Å². The van der Waals surface area contributed by atoms with Crippen molar-refractivity contribution in [2.45, 2.75) is 88.9 Å². The van der Waals surface area contributed by atoms with Crippen LogP contribution in [0.15, 0.2) is 48.8 Å². The van der Waals surface area contributed by atoms with Crippen LogP contribution in [-0.2, 0) is 19.7 Å². The fourth-order valence-corrected chi connectivity index (χ4v) is 5.55. The number of likely N-dealkylation sites (N-methyl/N-ethyl adjacent to an activating group) is 1. The number of ether oxygens (including phenoxy) is 1. The number of aromatic nitrogens is 1. The van der Waals surface area contributed by atoms with E-state index in [0.29, 0.717) is 24.2 Å². The largest absolute Gasteiger partial charge is 0.380 e. The number of rotatable bonds is 7. The number of hydrogen-bond donors (Lipinski definition) is 1. The Balaban J connectivity index is 1.77. The van der Waals surface area contributed by atoms with Crippen molar-refractivity contribution in [3.05, 3.63) is 59.9 Å². The molecule has 3 atom stereocenters. The smallest absolute Gasteiger partial charge is 0.250 e. The average molecular weight is 507 g/mol. The summed E-state index contributed by atoms with van der Waals surface area (Å²) in [6.45, 7) is 7.11. The van der Waals surface area contributed by atoms with Crippen molar-refractivity contribution >= 4 is 17.5 Å². The molecule has 1 aromatic carbocycles. The molecule has 7 heteroatoms. The van der Waals surface area contributed by atoms with Gasteiger partial charge in [-0.25, -0.2) is 0 Å². The predicted molar refractivity (Wildman–Crippen MR) is 146 cm³/mol. The number of amides is 2. The minimum Gasteiger partial charge on any atom is -0.380 e. The van der Waals surface area contributed by atoms with Crippen LogP contribution in [0.2, 0.25) is 0 Å². The van der Waals surface area contributed by atoms with Crippen LogP contribution in [0.5, 0.6) is 0 Å². The van der Waals surface area contributed by atoms with E-state index < -0.39 is 12.1 Å². The fraction of sp³-hybridized carbons (Fsp3) is 0.567. The number of pyridine rings is 1. The van der Waals surface area contributed by atoms with Gasteiger partial charge in [0, 0.05) is 50.4 Å². The molecule has 200 valence electrons. The van der Waals surface area contributed by atoms with Crippen molar-refractivity contribution in [2.75, 3.05) is 25.6 Å². The zero-order valence-corrected chi connectivity index (χ0v) is 22.9. The maximum atomic E-state index is 14.3. The van der Waals surface area contributed by atoms with Gasteiger partial charge in [0.1, 0.15) is 6.04 Å². The molecule has 2 amide bonds. The molecule has 3 unspecified atom stereocenters. The van der Waals surface area contributed by atoms with Gasteiger partial charge in [0.15, 0.2) is 0 Å². The number of nitrogens with one attached hydrogen (secondary N) is 1. The number of hydrogen-bond acceptors (Lipinski definition) is 5. The number of carbonyl (C=O) groups is 2. The number of nitrogens with zero attached hydrogens (tertiary/aromatic N) is 3. The van der Waals surface area contributed by atoms with Crippen LogP contribution in [-0.4, -0.2) is 60.6 Å². The van der Waals surface area contributed by atoms with E-state index in [1.54, 1.807) is 24.4 Å². The first kappa shape index (κ1) is 27.3. The molecular formula is C30H42N4O3. The van der Waals surface area contributed by atoms with Crippen molar-refractivity contribution in [2.24, 2.45) is 0 Å². The van der Waals surface area contributed by atoms with Gasteiger partial charge in [-0.05, 0) is 48.4 Å². The normalized spacial score (nSPS) is 21.4. The molecule has 1 saturated heterocycles. The third-order valence-electron chi connectivity index (χ3n) is 7.93. The van der Waals surface area contributed by atoms with Gasteiger partial charge < -0.3 is 15.0 Å². The van der Waals surface area contributed by atoms with Gasteiger partial charge in [-0.3, -0.25) is 19.5 Å². The molecule has 1 N–H and O–H groups in total. The molecule has 0 bridgehead atoms. The van der Waals surface area contributed by atoms with E-state index in [1.165, 1.54) is 12.0 Å². The first-order valence-corrected chi connectivity index (χ1v) is 13.6. The summed E-state index contributed by atoms with van der Waals surface area (Å²) in [7, 11) is 3.56. The van der Waals surface area contributed by atoms with Crippen molar-refractivity contribution in [1.29, 1.82) is 0 Å². The second-order valence-electron chi connectivity index (χ2n) is 11.5. The minimum atomic E-state index is -0.808. The highest BCUT2D eigenvalue weighted by molar-refractivity contribution is 6.04. The number of anilines is 1. The molecule has 1 aliphatic heterocycles. The van der Waals surface area contributed by atoms with Crippen LogP contribution in [0.25, 0.3) is 0 Å². The summed E-state index contributed by atoms with van der Waals surface area (Å²) in [4.78, 5) is 36.4. The lowest BCUT2D eigenvalue weighted by Crippen LogP contribution is -2.52. The molecule has 0 radical (unpaired) electrons. The molecule has 2 heterocycles. The predicted octanol–water partition coefficient (Wildman–Crippen LogP) is 4.62. The van der Waals surface area contributed by atoms with Gasteiger partial charge in [0.05, 0.1) is 12.1 Å². The summed E-state index contributed by atoms with van der Waals surface area (Å²) in [6.07, 6.45) is 9.40. The average Bonchev–Trinajstić information content (AvgIpc) is 3.41. The molecule has 7 nitrogen and oxygen atoms in total. The van der Waals surface area contributed by atoms with E-state index in [2.05, 4.69) is 43.2 Å². The number of methoxy groups -OCH3 is 1. The highest BCUT2D eigenvalue weighted by atomic mass is 16.5. The first-order valence-electron chi connectivity index (χ1n) is 13.6. The molecule has 2 fully saturated rings. The Morgan fingerprint density at radius 2 is 1.78 bits per heavy atom. The molecular weight excluding hydrogens is 464 g/mol. The molecule has 2 aromatic rings. The number of benzene rings is 1. The van der Waals surface area contributed by atoms with Gasteiger partial charge in [0.2, 0.25) is 11.8 Å². The van der Waals surface area contributed by atoms with E-state index in [0.717, 1.165) is 25.7 Å². The van der Waals surface area contributed by atoms with E-state index in [9.17, 15) is 9.59 Å². The summed E-state index contributed by atoms with van der Waals surface area (Å²) in [5, 5.41) is 3.32. The van der Waals surface area contributed by atoms with Crippen LogP contribution in [0.3, 0.4) is 0 Å².